The van der Waals surface area contributed by atoms with Crippen LogP contribution in [0.3, 0.4) is 0 Å². The van der Waals surface area contributed by atoms with E-state index in [0.717, 1.165) is 28.4 Å². The molecule has 0 spiro atoms. The molecule has 0 saturated carbocycles. The number of rotatable bonds is 3. The summed E-state index contributed by atoms with van der Waals surface area (Å²) in [6, 6.07) is 43.6. The van der Waals surface area contributed by atoms with Crippen molar-refractivity contribution in [3.63, 3.8) is 0 Å². The van der Waals surface area contributed by atoms with Gasteiger partial charge < -0.3 is 4.42 Å². The number of allylic oxidation sites excluding steroid dienone is 4. The number of para-hydroxylation sites is 1. The molecule has 1 heterocycles. The van der Waals surface area contributed by atoms with Crippen LogP contribution in [0.4, 0.5) is 0 Å². The second kappa shape index (κ2) is 8.83. The van der Waals surface area contributed by atoms with Crippen molar-refractivity contribution in [2.45, 2.75) is 13.3 Å². The van der Waals surface area contributed by atoms with E-state index in [1.165, 1.54) is 49.4 Å². The molecule has 2 aliphatic rings. The summed E-state index contributed by atoms with van der Waals surface area (Å²) in [5.41, 5.74) is 10.7. The van der Waals surface area contributed by atoms with E-state index in [1.54, 1.807) is 0 Å². The van der Waals surface area contributed by atoms with E-state index in [1.807, 2.05) is 6.07 Å². The highest BCUT2D eigenvalue weighted by Crippen LogP contribution is 2.51. The third-order valence-corrected chi connectivity index (χ3v) is 8.74. The van der Waals surface area contributed by atoms with Gasteiger partial charge in [0.05, 0.1) is 0 Å². The molecule has 1 unspecified atom stereocenters. The molecule has 0 aliphatic heterocycles. The first-order valence-electron chi connectivity index (χ1n) is 14.0. The van der Waals surface area contributed by atoms with Crippen LogP contribution >= 0.6 is 0 Å². The summed E-state index contributed by atoms with van der Waals surface area (Å²) in [5, 5.41) is 4.90. The van der Waals surface area contributed by atoms with Crippen molar-refractivity contribution in [2.75, 3.05) is 0 Å². The van der Waals surface area contributed by atoms with E-state index in [0.29, 0.717) is 0 Å². The van der Waals surface area contributed by atoms with Crippen LogP contribution in [0, 0.1) is 5.41 Å². The Kier molecular flexibility index (Phi) is 5.09. The Morgan fingerprint density at radius 2 is 1.27 bits per heavy atom. The van der Waals surface area contributed by atoms with Gasteiger partial charge in [-0.15, -0.1) is 0 Å². The van der Waals surface area contributed by atoms with Crippen LogP contribution in [0.2, 0.25) is 0 Å². The molecule has 1 heteroatoms. The molecule has 40 heavy (non-hydrogen) atoms. The SMILES string of the molecule is CC12CC=CC=C1C(c1cc3c(cc1-c1ccccc1)oc1ccccc13)=c1ccccc1=C2c1ccccc1. The average Bonchev–Trinajstić information content (AvgIpc) is 3.37. The first-order valence-corrected chi connectivity index (χ1v) is 14.0. The van der Waals surface area contributed by atoms with Crippen LogP contribution in [-0.4, -0.2) is 0 Å². The highest BCUT2D eigenvalue weighted by Gasteiger charge is 2.40. The summed E-state index contributed by atoms with van der Waals surface area (Å²) >= 11 is 0. The number of benzene rings is 5. The van der Waals surface area contributed by atoms with E-state index in [-0.39, 0.29) is 5.41 Å². The second-order valence-electron chi connectivity index (χ2n) is 11.1. The van der Waals surface area contributed by atoms with Crippen molar-refractivity contribution in [3.8, 4) is 11.1 Å². The maximum Gasteiger partial charge on any atom is 0.136 e. The molecule has 5 aromatic carbocycles. The lowest BCUT2D eigenvalue weighted by Crippen LogP contribution is -2.42. The van der Waals surface area contributed by atoms with Crippen molar-refractivity contribution >= 4 is 33.1 Å². The molecule has 0 amide bonds. The van der Waals surface area contributed by atoms with Crippen LogP contribution in [0.15, 0.2) is 150 Å². The molecular weight excluding hydrogens is 484 g/mol. The lowest BCUT2D eigenvalue weighted by molar-refractivity contribution is 0.547. The lowest BCUT2D eigenvalue weighted by atomic mass is 9.62. The van der Waals surface area contributed by atoms with Crippen LogP contribution < -0.4 is 10.4 Å². The van der Waals surface area contributed by atoms with Crippen LogP contribution in [0.25, 0.3) is 44.2 Å². The smallest absolute Gasteiger partial charge is 0.136 e. The third kappa shape index (κ3) is 3.34. The van der Waals surface area contributed by atoms with Crippen LogP contribution in [0.5, 0.6) is 0 Å². The summed E-state index contributed by atoms with van der Waals surface area (Å²) in [6.07, 6.45) is 7.87. The summed E-state index contributed by atoms with van der Waals surface area (Å²) in [6.45, 7) is 2.43. The van der Waals surface area contributed by atoms with Gasteiger partial charge in [-0.25, -0.2) is 0 Å². The summed E-state index contributed by atoms with van der Waals surface area (Å²) in [7, 11) is 0. The molecule has 0 N–H and O–H groups in total. The highest BCUT2D eigenvalue weighted by atomic mass is 16.3. The van der Waals surface area contributed by atoms with Crippen LogP contribution in [-0.2, 0) is 0 Å². The maximum absolute atomic E-state index is 6.39. The van der Waals surface area contributed by atoms with Crippen LogP contribution in [0.1, 0.15) is 24.5 Å². The quantitative estimate of drug-likeness (QED) is 0.231. The fraction of sp³-hybridized carbons (Fsp3) is 0.0769. The van der Waals surface area contributed by atoms with Gasteiger partial charge in [0, 0.05) is 16.2 Å². The predicted molar refractivity (Wildman–Crippen MR) is 166 cm³/mol. The van der Waals surface area contributed by atoms with Crippen molar-refractivity contribution in [3.05, 3.63) is 167 Å². The minimum absolute atomic E-state index is 0.166. The molecule has 6 aromatic rings. The van der Waals surface area contributed by atoms with Gasteiger partial charge in [-0.1, -0.05) is 128 Å². The Balaban J connectivity index is 1.58. The first kappa shape index (κ1) is 23.0. The van der Waals surface area contributed by atoms with E-state index >= 15 is 0 Å². The van der Waals surface area contributed by atoms with Gasteiger partial charge in [-0.2, -0.15) is 0 Å². The fourth-order valence-corrected chi connectivity index (χ4v) is 6.92. The summed E-state index contributed by atoms with van der Waals surface area (Å²) < 4.78 is 6.39. The van der Waals surface area contributed by atoms with Crippen molar-refractivity contribution < 1.29 is 4.42 Å². The molecule has 2 aliphatic carbocycles. The van der Waals surface area contributed by atoms with E-state index in [9.17, 15) is 0 Å². The molecule has 1 aromatic heterocycles. The summed E-state index contributed by atoms with van der Waals surface area (Å²) in [5.74, 6) is 0. The summed E-state index contributed by atoms with van der Waals surface area (Å²) in [4.78, 5) is 0. The Morgan fingerprint density at radius 3 is 2.08 bits per heavy atom. The van der Waals surface area contributed by atoms with Crippen molar-refractivity contribution in [2.24, 2.45) is 5.41 Å². The molecule has 0 bridgehead atoms. The van der Waals surface area contributed by atoms with E-state index < -0.39 is 0 Å². The molecular formula is C39H28O. The third-order valence-electron chi connectivity index (χ3n) is 8.74. The maximum atomic E-state index is 6.39. The number of furan rings is 1. The predicted octanol–water partition coefficient (Wildman–Crippen LogP) is 8.56. The first-order chi connectivity index (χ1) is 19.7. The Bertz CT molecular complexity index is 2120. The molecule has 0 saturated heterocycles. The van der Waals surface area contributed by atoms with Gasteiger partial charge in [0.1, 0.15) is 11.2 Å². The molecule has 190 valence electrons. The second-order valence-corrected chi connectivity index (χ2v) is 11.1. The Morgan fingerprint density at radius 1 is 0.600 bits per heavy atom. The van der Waals surface area contributed by atoms with Gasteiger partial charge in [-0.3, -0.25) is 0 Å². The fourth-order valence-electron chi connectivity index (χ4n) is 6.92. The molecule has 8 rings (SSSR count). The van der Waals surface area contributed by atoms with Gasteiger partial charge in [0.2, 0.25) is 0 Å². The highest BCUT2D eigenvalue weighted by molar-refractivity contribution is 6.09. The largest absolute Gasteiger partial charge is 0.456 e. The topological polar surface area (TPSA) is 13.1 Å². The van der Waals surface area contributed by atoms with Gasteiger partial charge in [0.15, 0.2) is 0 Å². The lowest BCUT2D eigenvalue weighted by Gasteiger charge is -2.41. The van der Waals surface area contributed by atoms with Gasteiger partial charge in [0.25, 0.3) is 0 Å². The normalized spacial score (nSPS) is 18.1. The molecule has 0 radical (unpaired) electrons. The number of hydrogen-bond donors (Lipinski definition) is 0. The molecule has 0 fully saturated rings. The number of fused-ring (bicyclic) bond motifs is 5. The molecule has 1 atom stereocenters. The Labute approximate surface area is 233 Å². The van der Waals surface area contributed by atoms with E-state index in [4.69, 9.17) is 4.42 Å². The van der Waals surface area contributed by atoms with Gasteiger partial charge >= 0.3 is 0 Å². The zero-order valence-electron chi connectivity index (χ0n) is 22.4. The molecule has 1 nitrogen and oxygen atoms in total. The van der Waals surface area contributed by atoms with E-state index in [2.05, 4.69) is 140 Å². The Hall–Kier alpha value is -4.88. The van der Waals surface area contributed by atoms with Gasteiger partial charge in [-0.05, 0) is 74.0 Å². The monoisotopic (exact) mass is 512 g/mol. The minimum Gasteiger partial charge on any atom is -0.456 e. The zero-order valence-corrected chi connectivity index (χ0v) is 22.4. The number of hydrogen-bond acceptors (Lipinski definition) is 1. The minimum atomic E-state index is -0.166. The van der Waals surface area contributed by atoms with Crippen molar-refractivity contribution in [1.29, 1.82) is 0 Å². The van der Waals surface area contributed by atoms with Crippen molar-refractivity contribution in [1.82, 2.24) is 0 Å². The average molecular weight is 513 g/mol. The standard InChI is InChI=1S/C39H28O/c1-39-23-13-12-21-34(39)37(29-19-8-9-20-30(29)38(39)27-16-6-3-7-17-27)33-24-32-28-18-10-11-22-35(28)40-36(32)25-31(33)26-14-4-2-5-15-26/h2-22,24-25H,23H2,1H3. The zero-order chi connectivity index (χ0) is 26.7.